The molecule has 6 heteroatoms. The molecule has 0 saturated heterocycles. The average Bonchev–Trinajstić information content (AvgIpc) is 3.04. The number of aromatic nitrogens is 5. The molecule has 0 atom stereocenters. The van der Waals surface area contributed by atoms with Crippen molar-refractivity contribution in [2.24, 2.45) is 0 Å². The van der Waals surface area contributed by atoms with E-state index in [4.69, 9.17) is 0 Å². The monoisotopic (exact) mass is 344 g/mol. The van der Waals surface area contributed by atoms with Gasteiger partial charge in [0.2, 0.25) is 5.95 Å². The minimum atomic E-state index is 0.626. The van der Waals surface area contributed by atoms with E-state index in [0.717, 1.165) is 34.1 Å². The smallest absolute Gasteiger partial charge is 0.222 e. The zero-order chi connectivity index (χ0) is 17.9. The predicted octanol–water partition coefficient (Wildman–Crippen LogP) is 3.57. The van der Waals surface area contributed by atoms with Crippen molar-refractivity contribution in [1.29, 1.82) is 0 Å². The quantitative estimate of drug-likeness (QED) is 0.578. The molecule has 26 heavy (non-hydrogen) atoms. The maximum absolute atomic E-state index is 4.44. The first-order valence-corrected chi connectivity index (χ1v) is 8.56. The average molecular weight is 344 g/mol. The molecule has 4 aromatic rings. The summed E-state index contributed by atoms with van der Waals surface area (Å²) >= 11 is 0. The number of hydrogen-bond donors (Lipinski definition) is 2. The van der Waals surface area contributed by atoms with Gasteiger partial charge in [0, 0.05) is 55.5 Å². The lowest BCUT2D eigenvalue weighted by molar-refractivity contribution is 1.01. The third kappa shape index (κ3) is 3.39. The summed E-state index contributed by atoms with van der Waals surface area (Å²) in [5.41, 5.74) is 6.68. The number of anilines is 1. The van der Waals surface area contributed by atoms with E-state index in [9.17, 15) is 0 Å². The molecule has 0 amide bonds. The molecular formula is C20H20N6. The minimum absolute atomic E-state index is 0.626. The second-order valence-corrected chi connectivity index (χ2v) is 6.47. The molecule has 0 bridgehead atoms. The summed E-state index contributed by atoms with van der Waals surface area (Å²) in [7, 11) is 0. The van der Waals surface area contributed by atoms with Gasteiger partial charge in [-0.1, -0.05) is 0 Å². The molecule has 0 spiro atoms. The number of rotatable bonds is 5. The summed E-state index contributed by atoms with van der Waals surface area (Å²) in [5.74, 6) is 0.626. The van der Waals surface area contributed by atoms with Crippen molar-refractivity contribution in [2.75, 3.05) is 5.32 Å². The van der Waals surface area contributed by atoms with Crippen molar-refractivity contribution in [3.05, 3.63) is 77.1 Å². The van der Waals surface area contributed by atoms with Crippen LogP contribution in [0, 0.1) is 13.8 Å². The highest BCUT2D eigenvalue weighted by atomic mass is 15.1. The molecular weight excluding hydrogens is 324 g/mol. The lowest BCUT2D eigenvalue weighted by atomic mass is 10.1. The van der Waals surface area contributed by atoms with Crippen LogP contribution in [0.25, 0.3) is 11.0 Å². The summed E-state index contributed by atoms with van der Waals surface area (Å²) in [6.45, 7) is 4.78. The topological polar surface area (TPSA) is 79.4 Å². The van der Waals surface area contributed by atoms with Crippen LogP contribution >= 0.6 is 0 Å². The van der Waals surface area contributed by atoms with Crippen molar-refractivity contribution < 1.29 is 0 Å². The Morgan fingerprint density at radius 1 is 1.00 bits per heavy atom. The highest BCUT2D eigenvalue weighted by Crippen LogP contribution is 2.20. The number of pyridine rings is 2. The highest BCUT2D eigenvalue weighted by molar-refractivity contribution is 5.80. The van der Waals surface area contributed by atoms with Gasteiger partial charge in [-0.2, -0.15) is 0 Å². The number of aromatic amines is 1. The summed E-state index contributed by atoms with van der Waals surface area (Å²) in [5, 5.41) is 4.41. The first-order valence-electron chi connectivity index (χ1n) is 8.56. The van der Waals surface area contributed by atoms with Crippen LogP contribution in [0.4, 0.5) is 5.95 Å². The van der Waals surface area contributed by atoms with Gasteiger partial charge < -0.3 is 10.3 Å². The third-order valence-electron chi connectivity index (χ3n) is 4.43. The fraction of sp³-hybridized carbons (Fsp3) is 0.200. The van der Waals surface area contributed by atoms with Crippen molar-refractivity contribution in [2.45, 2.75) is 26.8 Å². The van der Waals surface area contributed by atoms with Crippen molar-refractivity contribution in [3.8, 4) is 0 Å². The second-order valence-electron chi connectivity index (χ2n) is 6.47. The standard InChI is InChI=1S/C20H20N6/c1-13-5-18-17(12-23-19(18)22-7-13)6-15-9-24-20(25-10-15)26-11-16-3-4-21-8-14(16)2/h3-5,7-10,12H,6,11H2,1-2H3,(H,22,23)(H,24,25,26). The van der Waals surface area contributed by atoms with E-state index in [1.807, 2.05) is 44.0 Å². The molecule has 4 heterocycles. The summed E-state index contributed by atoms with van der Waals surface area (Å²) < 4.78 is 0. The maximum atomic E-state index is 4.44. The SMILES string of the molecule is Cc1cnc2[nH]cc(Cc3cnc(NCc4ccncc4C)nc3)c2c1. The summed E-state index contributed by atoms with van der Waals surface area (Å²) in [6.07, 6.45) is 12.1. The first kappa shape index (κ1) is 16.2. The molecule has 2 N–H and O–H groups in total. The molecule has 0 radical (unpaired) electrons. The number of H-pyrrole nitrogens is 1. The van der Waals surface area contributed by atoms with E-state index >= 15 is 0 Å². The number of aryl methyl sites for hydroxylation is 2. The molecule has 130 valence electrons. The largest absolute Gasteiger partial charge is 0.350 e. The van der Waals surface area contributed by atoms with Crippen LogP contribution in [-0.4, -0.2) is 24.9 Å². The lowest BCUT2D eigenvalue weighted by Gasteiger charge is -2.07. The summed E-state index contributed by atoms with van der Waals surface area (Å²) in [6, 6.07) is 4.16. The number of nitrogens with zero attached hydrogens (tertiary/aromatic N) is 4. The minimum Gasteiger partial charge on any atom is -0.350 e. The van der Waals surface area contributed by atoms with Crippen molar-refractivity contribution in [3.63, 3.8) is 0 Å². The Labute approximate surface area is 151 Å². The van der Waals surface area contributed by atoms with Gasteiger partial charge in [0.15, 0.2) is 0 Å². The molecule has 0 aliphatic rings. The first-order chi connectivity index (χ1) is 12.7. The Morgan fingerprint density at radius 2 is 1.85 bits per heavy atom. The molecule has 4 rings (SSSR count). The Hall–Kier alpha value is -3.28. The predicted molar refractivity (Wildman–Crippen MR) is 102 cm³/mol. The third-order valence-corrected chi connectivity index (χ3v) is 4.43. The second kappa shape index (κ2) is 6.92. The Morgan fingerprint density at radius 3 is 2.65 bits per heavy atom. The van der Waals surface area contributed by atoms with E-state index in [0.29, 0.717) is 12.5 Å². The van der Waals surface area contributed by atoms with Gasteiger partial charge in [-0.15, -0.1) is 0 Å². The zero-order valence-corrected chi connectivity index (χ0v) is 14.8. The number of fused-ring (bicyclic) bond motifs is 1. The van der Waals surface area contributed by atoms with Gasteiger partial charge in [-0.05, 0) is 53.8 Å². The fourth-order valence-corrected chi connectivity index (χ4v) is 2.94. The molecule has 0 aromatic carbocycles. The zero-order valence-electron chi connectivity index (χ0n) is 14.8. The van der Waals surface area contributed by atoms with Crippen LogP contribution in [0.5, 0.6) is 0 Å². The molecule has 0 saturated carbocycles. The van der Waals surface area contributed by atoms with Crippen LogP contribution in [0.15, 0.2) is 49.3 Å². The van der Waals surface area contributed by atoms with Crippen LogP contribution in [0.2, 0.25) is 0 Å². The Kier molecular flexibility index (Phi) is 4.31. The number of hydrogen-bond acceptors (Lipinski definition) is 5. The maximum Gasteiger partial charge on any atom is 0.222 e. The van der Waals surface area contributed by atoms with Crippen molar-refractivity contribution >= 4 is 17.0 Å². The van der Waals surface area contributed by atoms with E-state index in [-0.39, 0.29) is 0 Å². The van der Waals surface area contributed by atoms with E-state index in [1.165, 1.54) is 11.1 Å². The van der Waals surface area contributed by atoms with Crippen LogP contribution in [-0.2, 0) is 13.0 Å². The molecule has 0 aliphatic heterocycles. The molecule has 4 aromatic heterocycles. The van der Waals surface area contributed by atoms with Crippen LogP contribution in [0.1, 0.15) is 27.8 Å². The van der Waals surface area contributed by atoms with Crippen LogP contribution < -0.4 is 5.32 Å². The van der Waals surface area contributed by atoms with E-state index < -0.39 is 0 Å². The van der Waals surface area contributed by atoms with E-state index in [2.05, 4.69) is 43.2 Å². The molecule has 0 unspecified atom stereocenters. The van der Waals surface area contributed by atoms with Gasteiger partial charge >= 0.3 is 0 Å². The Bertz CT molecular complexity index is 1040. The van der Waals surface area contributed by atoms with E-state index in [1.54, 1.807) is 6.20 Å². The van der Waals surface area contributed by atoms with Gasteiger partial charge in [-0.25, -0.2) is 15.0 Å². The Balaban J connectivity index is 1.45. The lowest BCUT2D eigenvalue weighted by Crippen LogP contribution is -2.05. The molecule has 6 nitrogen and oxygen atoms in total. The van der Waals surface area contributed by atoms with Crippen molar-refractivity contribution in [1.82, 2.24) is 24.9 Å². The molecule has 0 fully saturated rings. The molecule has 0 aliphatic carbocycles. The van der Waals surface area contributed by atoms with Gasteiger partial charge in [0.1, 0.15) is 5.65 Å². The number of nitrogens with one attached hydrogen (secondary N) is 2. The van der Waals surface area contributed by atoms with Gasteiger partial charge in [0.05, 0.1) is 0 Å². The van der Waals surface area contributed by atoms with Crippen LogP contribution in [0.3, 0.4) is 0 Å². The fourth-order valence-electron chi connectivity index (χ4n) is 2.94. The van der Waals surface area contributed by atoms with Gasteiger partial charge in [-0.3, -0.25) is 4.98 Å². The van der Waals surface area contributed by atoms with Gasteiger partial charge in [0.25, 0.3) is 0 Å². The summed E-state index contributed by atoms with van der Waals surface area (Å²) in [4.78, 5) is 20.6. The normalized spacial score (nSPS) is 11.0. The highest BCUT2D eigenvalue weighted by Gasteiger charge is 2.07.